The molecule has 5 nitrogen and oxygen atoms in total. The summed E-state index contributed by atoms with van der Waals surface area (Å²) in [5, 5.41) is 9.74. The number of hydrogen-bond acceptors (Lipinski definition) is 5. The van der Waals surface area contributed by atoms with E-state index in [1.54, 1.807) is 18.9 Å². The van der Waals surface area contributed by atoms with Crippen molar-refractivity contribution in [2.45, 2.75) is 31.4 Å². The number of thioether (sulfide) groups is 1. The Labute approximate surface area is 187 Å². The third-order valence-electron chi connectivity index (χ3n) is 5.04. The average molecular weight is 432 g/mol. The van der Waals surface area contributed by atoms with Crippen LogP contribution in [0.2, 0.25) is 0 Å². The number of rotatable bonds is 8. The Morgan fingerprint density at radius 1 is 0.839 bits per heavy atom. The van der Waals surface area contributed by atoms with E-state index in [1.165, 1.54) is 16.7 Å². The maximum atomic E-state index is 5.99. The van der Waals surface area contributed by atoms with Crippen LogP contribution in [0.5, 0.6) is 11.5 Å². The number of aryl methyl sites for hydroxylation is 2. The lowest BCUT2D eigenvalue weighted by molar-refractivity contribution is 0.292. The highest BCUT2D eigenvalue weighted by atomic mass is 32.2. The summed E-state index contributed by atoms with van der Waals surface area (Å²) >= 11 is 1.67. The third kappa shape index (κ3) is 5.09. The number of nitrogens with zero attached hydrogens (tertiary/aromatic N) is 3. The monoisotopic (exact) mass is 431 g/mol. The largest absolute Gasteiger partial charge is 0.497 e. The van der Waals surface area contributed by atoms with Crippen molar-refractivity contribution >= 4 is 11.8 Å². The maximum absolute atomic E-state index is 5.99. The summed E-state index contributed by atoms with van der Waals surface area (Å²) in [5.41, 5.74) is 4.73. The van der Waals surface area contributed by atoms with Crippen LogP contribution >= 0.6 is 11.8 Å². The zero-order chi connectivity index (χ0) is 21.6. The Balaban J connectivity index is 1.60. The second-order valence-corrected chi connectivity index (χ2v) is 8.19. The van der Waals surface area contributed by atoms with Crippen LogP contribution < -0.4 is 9.47 Å². The van der Waals surface area contributed by atoms with Crippen LogP contribution in [0.1, 0.15) is 22.5 Å². The predicted octanol–water partition coefficient (Wildman–Crippen LogP) is 5.76. The zero-order valence-corrected chi connectivity index (χ0v) is 18.7. The number of methoxy groups -OCH3 is 1. The summed E-state index contributed by atoms with van der Waals surface area (Å²) < 4.78 is 13.4. The molecule has 0 radical (unpaired) electrons. The van der Waals surface area contributed by atoms with E-state index in [2.05, 4.69) is 52.9 Å². The molecule has 6 heteroatoms. The summed E-state index contributed by atoms with van der Waals surface area (Å²) in [7, 11) is 1.66. The van der Waals surface area contributed by atoms with Gasteiger partial charge in [-0.2, -0.15) is 0 Å². The first-order valence-corrected chi connectivity index (χ1v) is 11.1. The second kappa shape index (κ2) is 9.71. The molecule has 1 aromatic heterocycles. The number of benzene rings is 3. The fraction of sp³-hybridized carbons (Fsp3) is 0.200. The molecule has 0 saturated heterocycles. The summed E-state index contributed by atoms with van der Waals surface area (Å²) in [4.78, 5) is 0. The first kappa shape index (κ1) is 21.0. The maximum Gasteiger partial charge on any atom is 0.196 e. The molecule has 3 aromatic carbocycles. The molecule has 0 saturated carbocycles. The molecular weight excluding hydrogens is 406 g/mol. The van der Waals surface area contributed by atoms with E-state index in [1.807, 2.05) is 48.5 Å². The molecule has 0 atom stereocenters. The molecule has 0 spiro atoms. The first-order valence-electron chi connectivity index (χ1n) is 10.1. The first-order chi connectivity index (χ1) is 15.1. The van der Waals surface area contributed by atoms with E-state index in [4.69, 9.17) is 9.47 Å². The third-order valence-corrected chi connectivity index (χ3v) is 6.02. The lowest BCUT2D eigenvalue weighted by Gasteiger charge is -2.12. The average Bonchev–Trinajstić information content (AvgIpc) is 3.21. The fourth-order valence-corrected chi connectivity index (χ4v) is 4.22. The highest BCUT2D eigenvalue weighted by molar-refractivity contribution is 7.98. The molecule has 0 fully saturated rings. The minimum atomic E-state index is 0.326. The van der Waals surface area contributed by atoms with E-state index in [9.17, 15) is 0 Å². The van der Waals surface area contributed by atoms with Gasteiger partial charge in [0, 0.05) is 11.4 Å². The molecular formula is C25H25N3O2S. The predicted molar refractivity (Wildman–Crippen MR) is 124 cm³/mol. The molecule has 1 heterocycles. The molecule has 158 valence electrons. The zero-order valence-electron chi connectivity index (χ0n) is 17.9. The van der Waals surface area contributed by atoms with Crippen LogP contribution in [0.4, 0.5) is 0 Å². The van der Waals surface area contributed by atoms with Crippen molar-refractivity contribution in [1.29, 1.82) is 0 Å². The minimum absolute atomic E-state index is 0.326. The van der Waals surface area contributed by atoms with Crippen LogP contribution in [0.25, 0.3) is 5.69 Å². The van der Waals surface area contributed by atoms with Gasteiger partial charge in [-0.05, 0) is 61.4 Å². The van der Waals surface area contributed by atoms with E-state index in [-0.39, 0.29) is 0 Å². The number of aromatic nitrogens is 3. The number of hydrogen-bond donors (Lipinski definition) is 0. The molecule has 4 rings (SSSR count). The van der Waals surface area contributed by atoms with Crippen molar-refractivity contribution in [3.63, 3.8) is 0 Å². The molecule has 0 N–H and O–H groups in total. The summed E-state index contributed by atoms with van der Waals surface area (Å²) in [6.07, 6.45) is 0. The standard InChI is InChI=1S/C25H25N3O2S/c1-18-8-12-23(13-9-18)30-16-24-26-27-25(31-17-20-7-5-4-6-19(20)2)28(24)21-10-14-22(29-3)15-11-21/h4-15H,16-17H2,1-3H3. The van der Waals surface area contributed by atoms with Crippen molar-refractivity contribution in [3.8, 4) is 17.2 Å². The molecule has 0 bridgehead atoms. The molecule has 0 aliphatic heterocycles. The SMILES string of the molecule is COc1ccc(-n2c(COc3ccc(C)cc3)nnc2SCc2ccccc2C)cc1. The van der Waals surface area contributed by atoms with E-state index in [0.717, 1.165) is 33.9 Å². The Bertz CT molecular complexity index is 1140. The van der Waals surface area contributed by atoms with Gasteiger partial charge in [-0.25, -0.2) is 0 Å². The molecule has 4 aromatic rings. The lowest BCUT2D eigenvalue weighted by Crippen LogP contribution is -2.07. The summed E-state index contributed by atoms with van der Waals surface area (Å²) in [6.45, 7) is 4.51. The van der Waals surface area contributed by atoms with Gasteiger partial charge in [0.1, 0.15) is 18.1 Å². The van der Waals surface area contributed by atoms with Crippen molar-refractivity contribution < 1.29 is 9.47 Å². The van der Waals surface area contributed by atoms with Gasteiger partial charge < -0.3 is 9.47 Å². The van der Waals surface area contributed by atoms with Crippen molar-refractivity contribution in [1.82, 2.24) is 14.8 Å². The molecule has 0 aliphatic carbocycles. The quantitative estimate of drug-likeness (QED) is 0.332. The molecule has 0 amide bonds. The highest BCUT2D eigenvalue weighted by Crippen LogP contribution is 2.28. The van der Waals surface area contributed by atoms with Crippen molar-refractivity contribution in [2.24, 2.45) is 0 Å². The van der Waals surface area contributed by atoms with Gasteiger partial charge in [0.15, 0.2) is 11.0 Å². The fourth-order valence-electron chi connectivity index (χ4n) is 3.17. The van der Waals surface area contributed by atoms with E-state index in [0.29, 0.717) is 6.61 Å². The van der Waals surface area contributed by atoms with Gasteiger partial charge >= 0.3 is 0 Å². The van der Waals surface area contributed by atoms with Crippen LogP contribution in [-0.4, -0.2) is 21.9 Å². The Morgan fingerprint density at radius 3 is 2.26 bits per heavy atom. The number of ether oxygens (including phenoxy) is 2. The van der Waals surface area contributed by atoms with Gasteiger partial charge in [0.25, 0.3) is 0 Å². The van der Waals surface area contributed by atoms with Gasteiger partial charge in [0.2, 0.25) is 0 Å². The minimum Gasteiger partial charge on any atom is -0.497 e. The Morgan fingerprint density at radius 2 is 1.55 bits per heavy atom. The van der Waals surface area contributed by atoms with Crippen molar-refractivity contribution in [3.05, 3.63) is 95.3 Å². The lowest BCUT2D eigenvalue weighted by atomic mass is 10.1. The van der Waals surface area contributed by atoms with Gasteiger partial charge in [-0.3, -0.25) is 4.57 Å². The highest BCUT2D eigenvalue weighted by Gasteiger charge is 2.16. The summed E-state index contributed by atoms with van der Waals surface area (Å²) in [5.74, 6) is 3.19. The van der Waals surface area contributed by atoms with Gasteiger partial charge in [-0.15, -0.1) is 10.2 Å². The molecule has 0 unspecified atom stereocenters. The topological polar surface area (TPSA) is 49.2 Å². The van der Waals surface area contributed by atoms with E-state index >= 15 is 0 Å². The van der Waals surface area contributed by atoms with Crippen molar-refractivity contribution in [2.75, 3.05) is 7.11 Å². The molecule has 0 aliphatic rings. The van der Waals surface area contributed by atoms with Crippen LogP contribution in [-0.2, 0) is 12.4 Å². The molecule has 31 heavy (non-hydrogen) atoms. The second-order valence-electron chi connectivity index (χ2n) is 7.25. The van der Waals surface area contributed by atoms with Crippen LogP contribution in [0.3, 0.4) is 0 Å². The van der Waals surface area contributed by atoms with Gasteiger partial charge in [0.05, 0.1) is 7.11 Å². The smallest absolute Gasteiger partial charge is 0.196 e. The van der Waals surface area contributed by atoms with Crippen LogP contribution in [0, 0.1) is 13.8 Å². The summed E-state index contributed by atoms with van der Waals surface area (Å²) in [6, 6.07) is 24.3. The van der Waals surface area contributed by atoms with Crippen LogP contribution in [0.15, 0.2) is 78.0 Å². The Kier molecular flexibility index (Phi) is 6.57. The van der Waals surface area contributed by atoms with Gasteiger partial charge in [-0.1, -0.05) is 53.7 Å². The van der Waals surface area contributed by atoms with E-state index < -0.39 is 0 Å². The normalized spacial score (nSPS) is 10.8. The Hall–Kier alpha value is -3.25.